The van der Waals surface area contributed by atoms with Gasteiger partial charge in [-0.05, 0) is 78.2 Å². The summed E-state index contributed by atoms with van der Waals surface area (Å²) in [6.45, 7) is 0. The van der Waals surface area contributed by atoms with Gasteiger partial charge in [-0.25, -0.2) is 15.0 Å². The van der Waals surface area contributed by atoms with Gasteiger partial charge in [0.1, 0.15) is 5.69 Å². The Morgan fingerprint density at radius 1 is 0.348 bits per heavy atom. The lowest BCUT2D eigenvalue weighted by Crippen LogP contribution is -2.01. The van der Waals surface area contributed by atoms with Crippen molar-refractivity contribution in [3.63, 3.8) is 0 Å². The van der Waals surface area contributed by atoms with Crippen LogP contribution in [0.5, 0.6) is 0 Å². The summed E-state index contributed by atoms with van der Waals surface area (Å²) in [4.78, 5) is 20.1. The Morgan fingerprint density at radius 3 is 1.87 bits per heavy atom. The maximum atomic E-state index is 5.09. The molecule has 2 heterocycles. The third-order valence-electron chi connectivity index (χ3n) is 9.25. The fourth-order valence-corrected chi connectivity index (χ4v) is 7.13. The van der Waals surface area contributed by atoms with Gasteiger partial charge in [0.25, 0.3) is 0 Å². The van der Waals surface area contributed by atoms with Crippen molar-refractivity contribution in [2.45, 2.75) is 0 Å². The van der Waals surface area contributed by atoms with Crippen molar-refractivity contribution in [1.29, 1.82) is 0 Å². The highest BCUT2D eigenvalue weighted by Crippen LogP contribution is 2.48. The van der Waals surface area contributed by atoms with E-state index in [0.717, 1.165) is 21.9 Å². The van der Waals surface area contributed by atoms with Crippen molar-refractivity contribution in [3.05, 3.63) is 146 Å². The van der Waals surface area contributed by atoms with Crippen molar-refractivity contribution in [3.8, 4) is 56.5 Å². The van der Waals surface area contributed by atoms with E-state index in [-0.39, 0.29) is 0 Å². The van der Waals surface area contributed by atoms with Crippen molar-refractivity contribution >= 4 is 43.1 Å². The highest BCUT2D eigenvalue weighted by atomic mass is 15.0. The summed E-state index contributed by atoms with van der Waals surface area (Å²) in [5.74, 6) is 1.80. The first kappa shape index (κ1) is 25.1. The number of aromatic nitrogens is 4. The first-order valence-corrected chi connectivity index (χ1v) is 15.5. The lowest BCUT2D eigenvalue weighted by molar-refractivity contribution is 1.06. The SMILES string of the molecule is c1ccc(-c2nc(-c3cc4c5c(cccc5c3)-c3ccccc3-4)nc(-c3cc4ccc5ccc6ccccc6c5c4cn3)n2)cc1. The summed E-state index contributed by atoms with van der Waals surface area (Å²) in [6, 6.07) is 49.0. The monoisotopic (exact) mass is 584 g/mol. The van der Waals surface area contributed by atoms with Gasteiger partial charge in [0.15, 0.2) is 17.5 Å². The molecule has 0 saturated heterocycles. The molecule has 0 amide bonds. The molecule has 1 aliphatic carbocycles. The second kappa shape index (κ2) is 9.62. The Bertz CT molecular complexity index is 2700. The largest absolute Gasteiger partial charge is 0.252 e. The summed E-state index contributed by atoms with van der Waals surface area (Å²) in [6.07, 6.45) is 1.97. The molecule has 2 aromatic heterocycles. The highest BCUT2D eigenvalue weighted by Gasteiger charge is 2.23. The Morgan fingerprint density at radius 2 is 1.00 bits per heavy atom. The molecule has 1 aliphatic rings. The van der Waals surface area contributed by atoms with E-state index < -0.39 is 0 Å². The lowest BCUT2D eigenvalue weighted by Gasteiger charge is -2.11. The van der Waals surface area contributed by atoms with E-state index in [1.807, 2.05) is 36.5 Å². The smallest absolute Gasteiger partial charge is 0.182 e. The van der Waals surface area contributed by atoms with E-state index in [0.29, 0.717) is 23.2 Å². The topological polar surface area (TPSA) is 51.6 Å². The van der Waals surface area contributed by atoms with Gasteiger partial charge < -0.3 is 0 Å². The lowest BCUT2D eigenvalue weighted by atomic mass is 9.97. The van der Waals surface area contributed by atoms with Gasteiger partial charge in [-0.2, -0.15) is 0 Å². The molecule has 4 nitrogen and oxygen atoms in total. The van der Waals surface area contributed by atoms with Gasteiger partial charge >= 0.3 is 0 Å². The molecule has 0 N–H and O–H groups in total. The van der Waals surface area contributed by atoms with E-state index >= 15 is 0 Å². The number of fused-ring (bicyclic) bond motifs is 8. The molecule has 0 radical (unpaired) electrons. The molecule has 0 saturated carbocycles. The molecule has 212 valence electrons. The number of pyridine rings is 1. The van der Waals surface area contributed by atoms with Crippen LogP contribution in [0.2, 0.25) is 0 Å². The minimum atomic E-state index is 0.550. The molecule has 0 spiro atoms. The predicted molar refractivity (Wildman–Crippen MR) is 188 cm³/mol. The summed E-state index contributed by atoms with van der Waals surface area (Å²) in [5, 5.41) is 9.52. The van der Waals surface area contributed by atoms with Gasteiger partial charge in [0, 0.05) is 22.7 Å². The molecule has 0 unspecified atom stereocenters. The molecule has 46 heavy (non-hydrogen) atoms. The van der Waals surface area contributed by atoms with Crippen LogP contribution >= 0.6 is 0 Å². The second-order valence-corrected chi connectivity index (χ2v) is 11.9. The highest BCUT2D eigenvalue weighted by molar-refractivity contribution is 6.20. The van der Waals surface area contributed by atoms with Crippen LogP contribution < -0.4 is 0 Å². The third-order valence-corrected chi connectivity index (χ3v) is 9.25. The fourth-order valence-electron chi connectivity index (χ4n) is 7.13. The van der Waals surface area contributed by atoms with Crippen molar-refractivity contribution in [2.24, 2.45) is 0 Å². The van der Waals surface area contributed by atoms with E-state index in [1.54, 1.807) is 0 Å². The van der Waals surface area contributed by atoms with E-state index in [4.69, 9.17) is 19.9 Å². The predicted octanol–water partition coefficient (Wildman–Crippen LogP) is 10.5. The molecule has 0 atom stereocenters. The van der Waals surface area contributed by atoms with Gasteiger partial charge in [0.2, 0.25) is 0 Å². The van der Waals surface area contributed by atoms with Crippen molar-refractivity contribution in [1.82, 2.24) is 19.9 Å². The zero-order valence-corrected chi connectivity index (χ0v) is 24.6. The second-order valence-electron chi connectivity index (χ2n) is 11.9. The van der Waals surface area contributed by atoms with Gasteiger partial charge in [-0.15, -0.1) is 0 Å². The van der Waals surface area contributed by atoms with Gasteiger partial charge in [-0.1, -0.05) is 121 Å². The zero-order chi connectivity index (χ0) is 30.2. The summed E-state index contributed by atoms with van der Waals surface area (Å²) in [7, 11) is 0. The average Bonchev–Trinajstić information content (AvgIpc) is 3.46. The molecule has 0 aliphatic heterocycles. The Labute approximate surface area is 264 Å². The first-order valence-electron chi connectivity index (χ1n) is 15.5. The van der Waals surface area contributed by atoms with Crippen LogP contribution in [0.15, 0.2) is 146 Å². The van der Waals surface area contributed by atoms with Crippen molar-refractivity contribution in [2.75, 3.05) is 0 Å². The zero-order valence-electron chi connectivity index (χ0n) is 24.6. The van der Waals surface area contributed by atoms with Crippen molar-refractivity contribution < 1.29 is 0 Å². The van der Waals surface area contributed by atoms with E-state index in [1.165, 1.54) is 54.6 Å². The van der Waals surface area contributed by atoms with Crippen LogP contribution in [-0.4, -0.2) is 19.9 Å². The number of benzene rings is 7. The van der Waals surface area contributed by atoms with Gasteiger partial charge in [-0.3, -0.25) is 4.98 Å². The third kappa shape index (κ3) is 3.74. The quantitative estimate of drug-likeness (QED) is 0.194. The number of hydrogen-bond donors (Lipinski definition) is 0. The van der Waals surface area contributed by atoms with Crippen LogP contribution in [0.4, 0.5) is 0 Å². The molecule has 7 aromatic carbocycles. The number of rotatable bonds is 3. The minimum absolute atomic E-state index is 0.550. The van der Waals surface area contributed by atoms with Gasteiger partial charge in [0.05, 0.1) is 0 Å². The van der Waals surface area contributed by atoms with Crippen LogP contribution in [0.25, 0.3) is 99.6 Å². The fraction of sp³-hybridized carbons (Fsp3) is 0. The average molecular weight is 585 g/mol. The first-order chi connectivity index (χ1) is 22.8. The van der Waals surface area contributed by atoms with Crippen LogP contribution in [0.1, 0.15) is 0 Å². The molecular weight excluding hydrogens is 560 g/mol. The maximum Gasteiger partial charge on any atom is 0.182 e. The van der Waals surface area contributed by atoms with E-state index in [2.05, 4.69) is 109 Å². The molecule has 4 heteroatoms. The molecule has 0 fully saturated rings. The van der Waals surface area contributed by atoms with Crippen LogP contribution in [-0.2, 0) is 0 Å². The number of hydrogen-bond acceptors (Lipinski definition) is 4. The summed E-state index contributed by atoms with van der Waals surface area (Å²) in [5.41, 5.74) is 7.60. The molecule has 10 rings (SSSR count). The Hall–Kier alpha value is -6.26. The summed E-state index contributed by atoms with van der Waals surface area (Å²) >= 11 is 0. The minimum Gasteiger partial charge on any atom is -0.252 e. The maximum absolute atomic E-state index is 5.09. The molecule has 9 aromatic rings. The summed E-state index contributed by atoms with van der Waals surface area (Å²) < 4.78 is 0. The van der Waals surface area contributed by atoms with Crippen LogP contribution in [0.3, 0.4) is 0 Å². The molecular formula is C42H24N4. The number of nitrogens with zero attached hydrogens (tertiary/aromatic N) is 4. The normalized spacial score (nSPS) is 11.9. The Balaban J connectivity index is 1.19. The van der Waals surface area contributed by atoms with Crippen LogP contribution in [0, 0.1) is 0 Å². The van der Waals surface area contributed by atoms with E-state index in [9.17, 15) is 0 Å². The molecule has 0 bridgehead atoms. The Kier molecular flexibility index (Phi) is 5.25. The standard InChI is InChI=1S/C42H24N4/c1-2-10-27(11-3-1)40-44-41(30-21-29-12-8-16-34-32-14-6-7-15-33(32)35(22-30)39(29)34)46-42(45-40)37-23-28-20-19-26-18-17-25-9-4-5-13-31(25)38(26)36(28)24-43-37/h1-24H.